The molecule has 4 aromatic rings. The van der Waals surface area contributed by atoms with E-state index in [1.54, 1.807) is 22.9 Å². The number of nitrogens with one attached hydrogen (secondary N) is 2. The predicted octanol–water partition coefficient (Wildman–Crippen LogP) is 2.74. The number of fused-ring (bicyclic) bond motifs is 2. The Bertz CT molecular complexity index is 1720. The third kappa shape index (κ3) is 4.97. The molecule has 11 nitrogen and oxygen atoms in total. The summed E-state index contributed by atoms with van der Waals surface area (Å²) in [5.41, 5.74) is 1.17. The Balaban J connectivity index is 1.34. The van der Waals surface area contributed by atoms with E-state index >= 15 is 0 Å². The van der Waals surface area contributed by atoms with Crippen molar-refractivity contribution in [1.82, 2.24) is 24.1 Å². The molecule has 0 bridgehead atoms. The number of amides is 2. The Morgan fingerprint density at radius 1 is 1.19 bits per heavy atom. The first-order valence-electron chi connectivity index (χ1n) is 10.9. The van der Waals surface area contributed by atoms with Gasteiger partial charge in [0.1, 0.15) is 5.39 Å². The summed E-state index contributed by atoms with van der Waals surface area (Å²) in [6.45, 7) is 1.10. The molecule has 1 aliphatic rings. The van der Waals surface area contributed by atoms with Gasteiger partial charge in [0.2, 0.25) is 11.8 Å². The molecule has 2 aromatic heterocycles. The van der Waals surface area contributed by atoms with E-state index in [-0.39, 0.29) is 22.8 Å². The first kappa shape index (κ1) is 25.0. The number of hydrogen-bond donors (Lipinski definition) is 2. The molecule has 0 saturated carbocycles. The van der Waals surface area contributed by atoms with Crippen LogP contribution in [0, 0.1) is 0 Å². The normalized spacial score (nSPS) is 14.9. The van der Waals surface area contributed by atoms with E-state index in [1.807, 2.05) is 10.8 Å². The van der Waals surface area contributed by atoms with Crippen molar-refractivity contribution in [3.05, 3.63) is 70.1 Å². The van der Waals surface area contributed by atoms with Crippen molar-refractivity contribution in [2.75, 3.05) is 11.1 Å². The Morgan fingerprint density at radius 3 is 2.65 bits per heavy atom. The minimum absolute atomic E-state index is 0.0153. The zero-order valence-electron chi connectivity index (χ0n) is 19.2. The van der Waals surface area contributed by atoms with E-state index < -0.39 is 22.0 Å². The molecule has 14 heteroatoms. The van der Waals surface area contributed by atoms with Crippen LogP contribution in [0.1, 0.15) is 19.4 Å². The number of carbonyl (C=O) groups is 2. The number of benzene rings is 2. The molecule has 0 saturated heterocycles. The van der Waals surface area contributed by atoms with E-state index in [0.29, 0.717) is 38.3 Å². The highest BCUT2D eigenvalue weighted by Gasteiger charge is 2.29. The van der Waals surface area contributed by atoms with E-state index in [9.17, 15) is 22.8 Å². The quantitative estimate of drug-likeness (QED) is 0.344. The number of carbonyl (C=O) groups excluding carboxylic acids is 2. The van der Waals surface area contributed by atoms with Crippen LogP contribution in [-0.2, 0) is 19.6 Å². The van der Waals surface area contributed by atoms with Crippen molar-refractivity contribution in [3.8, 4) is 5.69 Å². The van der Waals surface area contributed by atoms with E-state index in [4.69, 9.17) is 11.6 Å². The molecule has 1 aliphatic heterocycles. The zero-order chi connectivity index (χ0) is 26.3. The number of anilines is 1. The highest BCUT2D eigenvalue weighted by molar-refractivity contribution is 7.99. The van der Waals surface area contributed by atoms with Crippen molar-refractivity contribution in [1.29, 1.82) is 0 Å². The van der Waals surface area contributed by atoms with Gasteiger partial charge in [0.25, 0.3) is 15.6 Å². The summed E-state index contributed by atoms with van der Waals surface area (Å²) >= 11 is 7.47. The first-order chi connectivity index (χ1) is 17.6. The molecule has 1 atom stereocenters. The van der Waals surface area contributed by atoms with E-state index in [0.717, 1.165) is 6.92 Å². The van der Waals surface area contributed by atoms with Gasteiger partial charge in [-0.2, -0.15) is 5.10 Å². The fourth-order valence-electron chi connectivity index (χ4n) is 3.97. The van der Waals surface area contributed by atoms with Crippen molar-refractivity contribution in [2.45, 2.75) is 29.4 Å². The summed E-state index contributed by atoms with van der Waals surface area (Å²) in [5, 5.41) is 8.38. The number of nitrogens with zero attached hydrogens (tertiary/aromatic N) is 4. The van der Waals surface area contributed by atoms with Crippen LogP contribution in [0.15, 0.2) is 69.6 Å². The van der Waals surface area contributed by atoms with Gasteiger partial charge in [-0.3, -0.25) is 19.0 Å². The fraction of sp³-hybridized carbons (Fsp3) is 0.174. The van der Waals surface area contributed by atoms with Gasteiger partial charge in [0.15, 0.2) is 10.8 Å². The molecule has 0 spiro atoms. The molecule has 0 radical (unpaired) electrons. The Labute approximate surface area is 219 Å². The molecular weight excluding hydrogens is 540 g/mol. The van der Waals surface area contributed by atoms with Crippen LogP contribution in [0.4, 0.5) is 5.69 Å². The van der Waals surface area contributed by atoms with Gasteiger partial charge in [-0.15, -0.1) is 0 Å². The molecule has 5 rings (SSSR count). The highest BCUT2D eigenvalue weighted by Crippen LogP contribution is 2.33. The van der Waals surface area contributed by atoms with Gasteiger partial charge in [-0.05, 0) is 42.5 Å². The molecule has 1 unspecified atom stereocenters. The van der Waals surface area contributed by atoms with Gasteiger partial charge in [-0.1, -0.05) is 29.4 Å². The molecule has 2 N–H and O–H groups in total. The lowest BCUT2D eigenvalue weighted by atomic mass is 10.2. The summed E-state index contributed by atoms with van der Waals surface area (Å²) < 4.78 is 29.1. The van der Waals surface area contributed by atoms with Gasteiger partial charge in [0.05, 0.1) is 22.8 Å². The fourth-order valence-corrected chi connectivity index (χ4v) is 6.27. The molecular formula is C23H19ClN6O5S2. The van der Waals surface area contributed by atoms with Crippen molar-refractivity contribution in [3.63, 3.8) is 0 Å². The van der Waals surface area contributed by atoms with Gasteiger partial charge in [-0.25, -0.2) is 22.8 Å². The highest BCUT2D eigenvalue weighted by atomic mass is 35.5. The molecule has 37 heavy (non-hydrogen) atoms. The maximum Gasteiger partial charge on any atom is 0.265 e. The predicted molar refractivity (Wildman–Crippen MR) is 139 cm³/mol. The monoisotopic (exact) mass is 558 g/mol. The number of hydrogen-bond acceptors (Lipinski definition) is 8. The van der Waals surface area contributed by atoms with Crippen LogP contribution in [0.5, 0.6) is 0 Å². The van der Waals surface area contributed by atoms with E-state index in [2.05, 4.69) is 15.4 Å². The molecule has 0 fully saturated rings. The first-order valence-corrected chi connectivity index (χ1v) is 13.8. The molecule has 2 aromatic carbocycles. The largest absolute Gasteiger partial charge is 0.326 e. The van der Waals surface area contributed by atoms with Crippen LogP contribution in [-0.4, -0.2) is 45.3 Å². The van der Waals surface area contributed by atoms with Crippen molar-refractivity contribution < 1.29 is 18.0 Å². The van der Waals surface area contributed by atoms with Crippen LogP contribution >= 0.6 is 23.4 Å². The molecule has 3 heterocycles. The number of aromatic nitrogens is 4. The second-order valence-electron chi connectivity index (χ2n) is 8.25. The Morgan fingerprint density at radius 2 is 1.95 bits per heavy atom. The second kappa shape index (κ2) is 9.65. The smallest absolute Gasteiger partial charge is 0.265 e. The summed E-state index contributed by atoms with van der Waals surface area (Å²) in [5.74, 6) is -0.565. The third-order valence-electron chi connectivity index (χ3n) is 5.57. The van der Waals surface area contributed by atoms with Crippen molar-refractivity contribution >= 4 is 61.9 Å². The Kier molecular flexibility index (Phi) is 6.52. The Hall–Kier alpha value is -3.68. The molecule has 0 aliphatic carbocycles. The molecule has 190 valence electrons. The molecule has 2 amide bonds. The number of sulfonamides is 1. The summed E-state index contributed by atoms with van der Waals surface area (Å²) in [7, 11) is -3.97. The van der Waals surface area contributed by atoms with Gasteiger partial charge < -0.3 is 5.32 Å². The van der Waals surface area contributed by atoms with Crippen LogP contribution in [0.3, 0.4) is 0 Å². The van der Waals surface area contributed by atoms with Crippen LogP contribution < -0.4 is 15.6 Å². The average molecular weight is 559 g/mol. The minimum atomic E-state index is -3.97. The summed E-state index contributed by atoms with van der Waals surface area (Å²) in [6.07, 6.45) is 1.47. The lowest BCUT2D eigenvalue weighted by Crippen LogP contribution is -2.28. The lowest BCUT2D eigenvalue weighted by Gasteiger charge is -2.14. The number of halogens is 1. The van der Waals surface area contributed by atoms with Crippen LogP contribution in [0.25, 0.3) is 16.7 Å². The topological polar surface area (TPSA) is 145 Å². The third-order valence-corrected chi connectivity index (χ3v) is 8.35. The average Bonchev–Trinajstić information content (AvgIpc) is 3.43. The van der Waals surface area contributed by atoms with Crippen molar-refractivity contribution in [2.24, 2.45) is 0 Å². The zero-order valence-corrected chi connectivity index (χ0v) is 21.6. The lowest BCUT2D eigenvalue weighted by molar-refractivity contribution is -0.117. The number of thioether (sulfide) groups is 1. The van der Waals surface area contributed by atoms with Gasteiger partial charge in [0, 0.05) is 29.8 Å². The SMILES string of the molecule is CC(=O)NS(=O)(=O)c1ccc(NC(=O)CC2CSc3nc4c(cnn4-c4cccc(Cl)c4)c(=O)n32)cc1. The second-order valence-corrected chi connectivity index (χ2v) is 11.4. The van der Waals surface area contributed by atoms with E-state index in [1.165, 1.54) is 46.8 Å². The summed E-state index contributed by atoms with van der Waals surface area (Å²) in [4.78, 5) is 41.7. The number of rotatable bonds is 6. The van der Waals surface area contributed by atoms with Gasteiger partial charge >= 0.3 is 0 Å². The maximum atomic E-state index is 13.3. The summed E-state index contributed by atoms with van der Waals surface area (Å²) in [6, 6.07) is 12.0. The standard InChI is InChI=1S/C23H19ClN6O5S2/c1-13(31)28-37(34,35)18-7-5-15(6-8-18)26-20(32)10-17-12-36-23-27-21-19(22(33)29(17)23)11-25-30(21)16-4-2-3-14(24)9-16/h2-9,11,17H,10,12H2,1H3,(H,26,32)(H,28,31). The maximum absolute atomic E-state index is 13.3. The van der Waals surface area contributed by atoms with Crippen LogP contribution in [0.2, 0.25) is 5.02 Å². The minimum Gasteiger partial charge on any atom is -0.326 e.